The Bertz CT molecular complexity index is 798. The normalized spacial score (nSPS) is 10.9. The van der Waals surface area contributed by atoms with Gasteiger partial charge in [-0.15, -0.1) is 0 Å². The van der Waals surface area contributed by atoms with Gasteiger partial charge in [0.15, 0.2) is 5.82 Å². The molecule has 0 aliphatic rings. The Balaban J connectivity index is 1.71. The van der Waals surface area contributed by atoms with Gasteiger partial charge in [-0.1, -0.05) is 5.16 Å². The van der Waals surface area contributed by atoms with Crippen LogP contribution in [0.2, 0.25) is 0 Å². The standard InChI is InChI=1S/C14H17N7OS/c1-9-10(7-21(2)19-9)11-4-5-15-14(17-11)16-6-13-18-12(8-23-3)20-22-13/h4-5,7H,6,8H2,1-3H3,(H,15,16,17). The summed E-state index contributed by atoms with van der Waals surface area (Å²) in [5.74, 6) is 2.45. The molecule has 0 bridgehead atoms. The highest BCUT2D eigenvalue weighted by molar-refractivity contribution is 7.97. The number of nitrogens with one attached hydrogen (secondary N) is 1. The summed E-state index contributed by atoms with van der Waals surface area (Å²) >= 11 is 1.65. The molecule has 0 amide bonds. The minimum Gasteiger partial charge on any atom is -0.345 e. The fourth-order valence-corrected chi connectivity index (χ4v) is 2.52. The Morgan fingerprint density at radius 2 is 2.22 bits per heavy atom. The van der Waals surface area contributed by atoms with Crippen molar-refractivity contribution in [2.75, 3.05) is 11.6 Å². The lowest BCUT2D eigenvalue weighted by Crippen LogP contribution is -2.04. The van der Waals surface area contributed by atoms with Crippen LogP contribution in [0.15, 0.2) is 23.0 Å². The Labute approximate surface area is 137 Å². The first-order valence-electron chi connectivity index (χ1n) is 7.03. The van der Waals surface area contributed by atoms with Crippen molar-refractivity contribution in [2.45, 2.75) is 19.2 Å². The molecule has 0 aromatic carbocycles. The molecule has 1 N–H and O–H groups in total. The molecule has 3 aromatic rings. The largest absolute Gasteiger partial charge is 0.345 e. The SMILES string of the molecule is CSCc1noc(CNc2nccc(-c3cn(C)nc3C)n2)n1. The Hall–Kier alpha value is -2.42. The molecule has 0 radical (unpaired) electrons. The van der Waals surface area contributed by atoms with Gasteiger partial charge in [0.2, 0.25) is 11.8 Å². The third-order valence-electron chi connectivity index (χ3n) is 3.13. The number of aromatic nitrogens is 6. The molecule has 8 nitrogen and oxygen atoms in total. The lowest BCUT2D eigenvalue weighted by molar-refractivity contribution is 0.379. The zero-order valence-electron chi connectivity index (χ0n) is 13.1. The maximum absolute atomic E-state index is 5.17. The van der Waals surface area contributed by atoms with Gasteiger partial charge in [-0.25, -0.2) is 9.97 Å². The zero-order chi connectivity index (χ0) is 16.2. The lowest BCUT2D eigenvalue weighted by atomic mass is 10.2. The van der Waals surface area contributed by atoms with Crippen LogP contribution in [-0.4, -0.2) is 36.1 Å². The van der Waals surface area contributed by atoms with E-state index in [9.17, 15) is 0 Å². The first-order chi connectivity index (χ1) is 11.2. The van der Waals surface area contributed by atoms with Crippen LogP contribution in [0.25, 0.3) is 11.3 Å². The molecule has 9 heteroatoms. The van der Waals surface area contributed by atoms with Crippen LogP contribution in [0.4, 0.5) is 5.95 Å². The highest BCUT2D eigenvalue weighted by atomic mass is 32.2. The smallest absolute Gasteiger partial charge is 0.246 e. The van der Waals surface area contributed by atoms with Crippen LogP contribution in [0.5, 0.6) is 0 Å². The van der Waals surface area contributed by atoms with Gasteiger partial charge in [-0.2, -0.15) is 21.8 Å². The van der Waals surface area contributed by atoms with E-state index >= 15 is 0 Å². The lowest BCUT2D eigenvalue weighted by Gasteiger charge is -2.03. The summed E-state index contributed by atoms with van der Waals surface area (Å²) in [6, 6.07) is 1.86. The molecule has 0 unspecified atom stereocenters. The van der Waals surface area contributed by atoms with Crippen LogP contribution >= 0.6 is 11.8 Å². The van der Waals surface area contributed by atoms with Gasteiger partial charge in [-0.05, 0) is 19.2 Å². The predicted molar refractivity (Wildman–Crippen MR) is 87.8 cm³/mol. The van der Waals surface area contributed by atoms with Crippen LogP contribution in [-0.2, 0) is 19.3 Å². The number of rotatable bonds is 6. The average Bonchev–Trinajstić information content (AvgIpc) is 3.12. The second-order valence-electron chi connectivity index (χ2n) is 4.96. The number of hydrogen-bond donors (Lipinski definition) is 1. The number of thioether (sulfide) groups is 1. The van der Waals surface area contributed by atoms with Gasteiger partial charge in [0, 0.05) is 25.0 Å². The summed E-state index contributed by atoms with van der Waals surface area (Å²) in [6.07, 6.45) is 5.65. The predicted octanol–water partition coefficient (Wildman–Crippen LogP) is 2.04. The van der Waals surface area contributed by atoms with Crippen molar-refractivity contribution in [3.8, 4) is 11.3 Å². The van der Waals surface area contributed by atoms with Crippen molar-refractivity contribution < 1.29 is 4.52 Å². The topological polar surface area (TPSA) is 94.6 Å². The summed E-state index contributed by atoms with van der Waals surface area (Å²) in [4.78, 5) is 13.0. The summed E-state index contributed by atoms with van der Waals surface area (Å²) in [5, 5.41) is 11.3. The zero-order valence-corrected chi connectivity index (χ0v) is 14.0. The Morgan fingerprint density at radius 3 is 2.96 bits per heavy atom. The Kier molecular flexibility index (Phi) is 4.56. The van der Waals surface area contributed by atoms with Gasteiger partial charge in [0.25, 0.3) is 0 Å². The summed E-state index contributed by atoms with van der Waals surface area (Å²) in [7, 11) is 1.89. The van der Waals surface area contributed by atoms with Crippen molar-refractivity contribution in [1.29, 1.82) is 0 Å². The highest BCUT2D eigenvalue weighted by Gasteiger charge is 2.10. The molecule has 3 rings (SSSR count). The fraction of sp³-hybridized carbons (Fsp3) is 0.357. The third kappa shape index (κ3) is 3.67. The number of aryl methyl sites for hydroxylation is 2. The molecule has 3 aromatic heterocycles. The average molecular weight is 331 g/mol. The second kappa shape index (κ2) is 6.78. The van der Waals surface area contributed by atoms with E-state index in [-0.39, 0.29) is 0 Å². The first kappa shape index (κ1) is 15.5. The van der Waals surface area contributed by atoms with Crippen molar-refractivity contribution in [1.82, 2.24) is 29.9 Å². The molecule has 120 valence electrons. The minimum atomic E-state index is 0.386. The van der Waals surface area contributed by atoms with Crippen molar-refractivity contribution in [3.05, 3.63) is 35.9 Å². The number of anilines is 1. The fourth-order valence-electron chi connectivity index (χ4n) is 2.15. The van der Waals surface area contributed by atoms with E-state index in [0.717, 1.165) is 22.7 Å². The van der Waals surface area contributed by atoms with E-state index < -0.39 is 0 Å². The van der Waals surface area contributed by atoms with E-state index in [2.05, 4.69) is 30.5 Å². The van der Waals surface area contributed by atoms with Gasteiger partial charge in [-0.3, -0.25) is 4.68 Å². The summed E-state index contributed by atoms with van der Waals surface area (Å²) < 4.78 is 6.94. The second-order valence-corrected chi connectivity index (χ2v) is 5.82. The molecule has 3 heterocycles. The van der Waals surface area contributed by atoms with E-state index in [1.807, 2.05) is 32.5 Å². The number of hydrogen-bond acceptors (Lipinski definition) is 8. The highest BCUT2D eigenvalue weighted by Crippen LogP contribution is 2.20. The third-order valence-corrected chi connectivity index (χ3v) is 3.67. The molecule has 23 heavy (non-hydrogen) atoms. The van der Waals surface area contributed by atoms with Crippen LogP contribution in [0, 0.1) is 6.92 Å². The van der Waals surface area contributed by atoms with E-state index in [4.69, 9.17) is 4.52 Å². The molecule has 0 fully saturated rings. The maximum atomic E-state index is 5.17. The quantitative estimate of drug-likeness (QED) is 0.733. The molecule has 0 atom stereocenters. The number of nitrogens with zero attached hydrogens (tertiary/aromatic N) is 6. The maximum Gasteiger partial charge on any atom is 0.246 e. The Morgan fingerprint density at radius 1 is 1.35 bits per heavy atom. The van der Waals surface area contributed by atoms with Gasteiger partial charge >= 0.3 is 0 Å². The molecule has 0 spiro atoms. The molecule has 0 saturated carbocycles. The van der Waals surface area contributed by atoms with Crippen molar-refractivity contribution in [3.63, 3.8) is 0 Å². The molecular weight excluding hydrogens is 314 g/mol. The molecule has 0 aliphatic carbocycles. The molecule has 0 saturated heterocycles. The van der Waals surface area contributed by atoms with E-state index in [1.165, 1.54) is 0 Å². The summed E-state index contributed by atoms with van der Waals surface area (Å²) in [6.45, 7) is 2.34. The molecular formula is C14H17N7OS. The monoisotopic (exact) mass is 331 g/mol. The van der Waals surface area contributed by atoms with Crippen LogP contribution in [0.1, 0.15) is 17.4 Å². The van der Waals surface area contributed by atoms with Gasteiger partial charge in [0.1, 0.15) is 0 Å². The van der Waals surface area contributed by atoms with Crippen molar-refractivity contribution in [2.24, 2.45) is 7.05 Å². The van der Waals surface area contributed by atoms with Gasteiger partial charge in [0.05, 0.1) is 23.7 Å². The summed E-state index contributed by atoms with van der Waals surface area (Å²) in [5.41, 5.74) is 2.73. The van der Waals surface area contributed by atoms with E-state index in [0.29, 0.717) is 24.2 Å². The minimum absolute atomic E-state index is 0.386. The van der Waals surface area contributed by atoms with Crippen LogP contribution < -0.4 is 5.32 Å². The van der Waals surface area contributed by atoms with Crippen LogP contribution in [0.3, 0.4) is 0 Å². The van der Waals surface area contributed by atoms with Gasteiger partial charge < -0.3 is 9.84 Å². The van der Waals surface area contributed by atoms with E-state index in [1.54, 1.807) is 22.6 Å². The molecule has 0 aliphatic heterocycles. The first-order valence-corrected chi connectivity index (χ1v) is 8.43. The van der Waals surface area contributed by atoms with Crippen molar-refractivity contribution >= 4 is 17.7 Å².